The Hall–Kier alpha value is -1.27. The molecular weight excluding hydrogens is 517 g/mol. The van der Waals surface area contributed by atoms with Gasteiger partial charge in [-0.1, -0.05) is 13.0 Å². The molecule has 0 unspecified atom stereocenters. The fourth-order valence-electron chi connectivity index (χ4n) is 3.40. The molecule has 0 amide bonds. The second kappa shape index (κ2) is 13.2. The molecule has 1 fully saturated rings. The predicted octanol–water partition coefficient (Wildman–Crippen LogP) is 2.07. The largest absolute Gasteiger partial charge is 0.497 e. The zero-order valence-corrected chi connectivity index (χ0v) is 21.7. The normalized spacial score (nSPS) is 15.2. The molecule has 0 spiro atoms. The SMILES string of the molecule is CCNC(=NCCCN(CC)S(C)(=O)=O)N1CCN(c2cccc(OC)c2)CC1.I. The maximum absolute atomic E-state index is 11.7. The molecule has 1 saturated heterocycles. The van der Waals surface area contributed by atoms with Gasteiger partial charge in [-0.15, -0.1) is 24.0 Å². The van der Waals surface area contributed by atoms with E-state index in [0.717, 1.165) is 44.4 Å². The number of piperazine rings is 1. The molecule has 0 bridgehead atoms. The second-order valence-corrected chi connectivity index (χ2v) is 9.00. The smallest absolute Gasteiger partial charge is 0.211 e. The number of rotatable bonds is 9. The summed E-state index contributed by atoms with van der Waals surface area (Å²) >= 11 is 0. The Labute approximate surface area is 198 Å². The van der Waals surface area contributed by atoms with E-state index in [1.807, 2.05) is 19.1 Å². The van der Waals surface area contributed by atoms with Crippen LogP contribution in [-0.2, 0) is 10.0 Å². The fraction of sp³-hybridized carbons (Fsp3) is 0.650. The summed E-state index contributed by atoms with van der Waals surface area (Å²) in [5.41, 5.74) is 1.17. The van der Waals surface area contributed by atoms with E-state index in [2.05, 4.69) is 34.2 Å². The van der Waals surface area contributed by atoms with Crippen molar-refractivity contribution in [2.75, 3.05) is 70.6 Å². The average molecular weight is 554 g/mol. The number of benzene rings is 1. The molecule has 30 heavy (non-hydrogen) atoms. The molecule has 0 atom stereocenters. The van der Waals surface area contributed by atoms with Crippen molar-refractivity contribution in [2.45, 2.75) is 20.3 Å². The summed E-state index contributed by atoms with van der Waals surface area (Å²) in [5.74, 6) is 1.77. The quantitative estimate of drug-likeness (QED) is 0.219. The van der Waals surface area contributed by atoms with Crippen LogP contribution in [0.25, 0.3) is 0 Å². The van der Waals surface area contributed by atoms with Crippen molar-refractivity contribution >= 4 is 45.6 Å². The van der Waals surface area contributed by atoms with Gasteiger partial charge in [0.25, 0.3) is 0 Å². The topological polar surface area (TPSA) is 77.5 Å². The first-order chi connectivity index (χ1) is 13.9. The number of sulfonamides is 1. The van der Waals surface area contributed by atoms with Gasteiger partial charge in [0.2, 0.25) is 10.0 Å². The van der Waals surface area contributed by atoms with Crippen molar-refractivity contribution in [3.63, 3.8) is 0 Å². The monoisotopic (exact) mass is 553 g/mol. The number of anilines is 1. The summed E-state index contributed by atoms with van der Waals surface area (Å²) in [4.78, 5) is 9.35. The maximum atomic E-state index is 11.7. The van der Waals surface area contributed by atoms with Gasteiger partial charge in [-0.25, -0.2) is 12.7 Å². The lowest BCUT2D eigenvalue weighted by Gasteiger charge is -2.37. The molecule has 10 heteroatoms. The third-order valence-corrected chi connectivity index (χ3v) is 6.36. The summed E-state index contributed by atoms with van der Waals surface area (Å²) < 4.78 is 30.2. The van der Waals surface area contributed by atoms with E-state index >= 15 is 0 Å². The number of nitrogens with zero attached hydrogens (tertiary/aromatic N) is 4. The summed E-state index contributed by atoms with van der Waals surface area (Å²) in [6, 6.07) is 8.15. The molecule has 0 saturated carbocycles. The maximum Gasteiger partial charge on any atom is 0.211 e. The van der Waals surface area contributed by atoms with Crippen LogP contribution < -0.4 is 15.0 Å². The third-order valence-electron chi connectivity index (χ3n) is 4.98. The van der Waals surface area contributed by atoms with Gasteiger partial charge in [0.1, 0.15) is 5.75 Å². The number of hydrogen-bond acceptors (Lipinski definition) is 5. The van der Waals surface area contributed by atoms with Crippen molar-refractivity contribution < 1.29 is 13.2 Å². The van der Waals surface area contributed by atoms with Crippen LogP contribution in [0.4, 0.5) is 5.69 Å². The third kappa shape index (κ3) is 8.10. The van der Waals surface area contributed by atoms with Crippen molar-refractivity contribution in [3.05, 3.63) is 24.3 Å². The van der Waals surface area contributed by atoms with E-state index in [4.69, 9.17) is 9.73 Å². The molecular formula is C20H36IN5O3S. The molecule has 1 heterocycles. The van der Waals surface area contributed by atoms with E-state index in [1.54, 1.807) is 7.11 Å². The molecule has 0 aliphatic carbocycles. The first-order valence-corrected chi connectivity index (χ1v) is 12.1. The molecule has 1 aromatic carbocycles. The number of hydrogen-bond donors (Lipinski definition) is 1. The van der Waals surface area contributed by atoms with E-state index in [1.165, 1.54) is 16.2 Å². The summed E-state index contributed by atoms with van der Waals surface area (Å²) in [6.07, 6.45) is 1.96. The van der Waals surface area contributed by atoms with Crippen LogP contribution in [0.3, 0.4) is 0 Å². The Kier molecular flexibility index (Phi) is 11.8. The minimum absolute atomic E-state index is 0. The summed E-state index contributed by atoms with van der Waals surface area (Å²) in [5, 5.41) is 3.36. The second-order valence-electron chi connectivity index (χ2n) is 7.02. The van der Waals surface area contributed by atoms with E-state index in [9.17, 15) is 8.42 Å². The van der Waals surface area contributed by atoms with E-state index in [0.29, 0.717) is 26.1 Å². The van der Waals surface area contributed by atoms with Crippen LogP contribution in [0.5, 0.6) is 5.75 Å². The highest BCUT2D eigenvalue weighted by Gasteiger charge is 2.20. The highest BCUT2D eigenvalue weighted by Crippen LogP contribution is 2.22. The average Bonchev–Trinajstić information content (AvgIpc) is 2.72. The van der Waals surface area contributed by atoms with Gasteiger partial charge in [0.15, 0.2) is 5.96 Å². The number of nitrogens with one attached hydrogen (secondary N) is 1. The fourth-order valence-corrected chi connectivity index (χ4v) is 4.33. The van der Waals surface area contributed by atoms with Crippen LogP contribution in [0.1, 0.15) is 20.3 Å². The van der Waals surface area contributed by atoms with E-state index < -0.39 is 10.0 Å². The predicted molar refractivity (Wildman–Crippen MR) is 135 cm³/mol. The number of halogens is 1. The van der Waals surface area contributed by atoms with Gasteiger partial charge in [-0.2, -0.15) is 0 Å². The van der Waals surface area contributed by atoms with Gasteiger partial charge in [0.05, 0.1) is 13.4 Å². The van der Waals surface area contributed by atoms with Crippen molar-refractivity contribution in [1.29, 1.82) is 0 Å². The molecule has 172 valence electrons. The first kappa shape index (κ1) is 26.8. The van der Waals surface area contributed by atoms with Crippen molar-refractivity contribution in [3.8, 4) is 5.75 Å². The Morgan fingerprint density at radius 2 is 1.93 bits per heavy atom. The Morgan fingerprint density at radius 3 is 2.50 bits per heavy atom. The number of aliphatic imine (C=N–C) groups is 1. The van der Waals surface area contributed by atoms with Crippen molar-refractivity contribution in [1.82, 2.24) is 14.5 Å². The van der Waals surface area contributed by atoms with Crippen LogP contribution in [0.2, 0.25) is 0 Å². The number of guanidine groups is 1. The van der Waals surface area contributed by atoms with Crippen LogP contribution in [-0.4, -0.2) is 89.3 Å². The van der Waals surface area contributed by atoms with Crippen LogP contribution in [0.15, 0.2) is 29.3 Å². The Morgan fingerprint density at radius 1 is 1.23 bits per heavy atom. The molecule has 1 aliphatic rings. The standard InChI is InChI=1S/C20H35N5O3S.HI/c1-5-21-20(22-11-8-12-25(6-2)29(4,26)27)24-15-13-23(14-16-24)18-9-7-10-19(17-18)28-3;/h7,9-10,17H,5-6,8,11-16H2,1-4H3,(H,21,22);1H. The molecule has 8 nitrogen and oxygen atoms in total. The van der Waals surface area contributed by atoms with Gasteiger partial charge in [-0.05, 0) is 25.5 Å². The minimum Gasteiger partial charge on any atom is -0.497 e. The molecule has 0 radical (unpaired) electrons. The Balaban J connectivity index is 0.00000450. The minimum atomic E-state index is -3.14. The van der Waals surface area contributed by atoms with Gasteiger partial charge in [-0.3, -0.25) is 4.99 Å². The van der Waals surface area contributed by atoms with E-state index in [-0.39, 0.29) is 24.0 Å². The van der Waals surface area contributed by atoms with Gasteiger partial charge < -0.3 is 19.9 Å². The van der Waals surface area contributed by atoms with Crippen LogP contribution >= 0.6 is 24.0 Å². The molecule has 1 aromatic rings. The zero-order valence-electron chi connectivity index (χ0n) is 18.5. The molecule has 1 aliphatic heterocycles. The first-order valence-electron chi connectivity index (χ1n) is 10.3. The highest BCUT2D eigenvalue weighted by molar-refractivity contribution is 14.0. The molecule has 1 N–H and O–H groups in total. The summed E-state index contributed by atoms with van der Waals surface area (Å²) in [6.45, 7) is 9.91. The Bertz CT molecular complexity index is 767. The molecule has 2 rings (SSSR count). The number of ether oxygens (including phenoxy) is 1. The van der Waals surface area contributed by atoms with Gasteiger partial charge >= 0.3 is 0 Å². The lowest BCUT2D eigenvalue weighted by atomic mass is 10.2. The zero-order chi connectivity index (χ0) is 21.3. The summed E-state index contributed by atoms with van der Waals surface area (Å²) in [7, 11) is -1.45. The molecule has 0 aromatic heterocycles. The highest BCUT2D eigenvalue weighted by atomic mass is 127. The lowest BCUT2D eigenvalue weighted by molar-refractivity contribution is 0.371. The van der Waals surface area contributed by atoms with Gasteiger partial charge in [0, 0.05) is 64.1 Å². The van der Waals surface area contributed by atoms with Crippen LogP contribution in [0, 0.1) is 0 Å². The number of methoxy groups -OCH3 is 1. The van der Waals surface area contributed by atoms with Crippen molar-refractivity contribution in [2.24, 2.45) is 4.99 Å². The lowest BCUT2D eigenvalue weighted by Crippen LogP contribution is -2.52.